The van der Waals surface area contributed by atoms with Crippen LogP contribution in [0.1, 0.15) is 295 Å². The van der Waals surface area contributed by atoms with E-state index in [4.69, 9.17) is 0 Å². The summed E-state index contributed by atoms with van der Waals surface area (Å²) in [5.41, 5.74) is 0. The zero-order valence-corrected chi connectivity index (χ0v) is 0. The third-order valence-corrected chi connectivity index (χ3v) is 0. The molecule has 0 aliphatic carbocycles. The molecule has 0 saturated carbocycles. The molecule has 0 amide bonds. The van der Waals surface area contributed by atoms with Crippen molar-refractivity contribution in [3.63, 3.8) is 0 Å². The highest BCUT2D eigenvalue weighted by Crippen LogP contribution is 0.150. The number of rotatable bonds is 0. The first-order valence-corrected chi connectivity index (χ1v) is 0. The Kier molecular flexibility index (Phi) is 0. The quantitative estimate of drug-likeness (QED) is 0.229. The van der Waals surface area contributed by atoms with E-state index in [-0.39, 0.29) is 295 Å². The zero-order valence-electron chi connectivity index (χ0n) is 0. The highest BCUT2D eigenvalue weighted by Gasteiger charge is -0.0716. The van der Waals surface area contributed by atoms with Crippen LogP contribution in [0.2, 0.25) is 0 Å². The van der Waals surface area contributed by atoms with E-state index in [2.05, 4.69) is 0 Å². The molecule has 0 unspecified atom stereocenters. The summed E-state index contributed by atoms with van der Waals surface area (Å²) in [4.78, 5) is 0. The van der Waals surface area contributed by atoms with Crippen LogP contribution < -0.4 is 0 Å². The molecule has 0 radical (unpaired) electrons. The van der Waals surface area contributed by atoms with E-state index >= 15 is 0 Å². The first-order chi connectivity index (χ1) is 0. The van der Waals surface area contributed by atoms with Gasteiger partial charge in [0.15, 0.2) is 0 Å². The van der Waals surface area contributed by atoms with Gasteiger partial charge in [0, 0.05) is 243 Å². The van der Waals surface area contributed by atoms with Crippen LogP contribution in [-0.4, -0.2) is 0 Å². The van der Waals surface area contributed by atoms with Gasteiger partial charge in [0.1, 0.15) is 0 Å². The maximum absolute atomic E-state index is 0. The summed E-state index contributed by atoms with van der Waals surface area (Å²) in [6, 6.07) is 0. The van der Waals surface area contributed by atoms with Gasteiger partial charge in [0.2, 0.25) is 0 Å². The highest BCUT2D eigenvalue weighted by atomic mass is 12.0. The zero-order chi connectivity index (χ0) is 0. The molecule has 0 heterocycles. The van der Waals surface area contributed by atoms with Crippen molar-refractivity contribution < 1.29 is 243 Å². The molecule has 0 aliphatic rings. The molecule has 0 nitrogen and oxygen atoms in total. The van der Waals surface area contributed by atoms with Gasteiger partial charge < -0.3 is 0 Å². The van der Waals surface area contributed by atoms with Crippen molar-refractivity contribution in [3.05, 3.63) is 0 Å². The number of hydrogen-bond acceptors (Lipinski definition) is 0. The fourth-order valence-electron chi connectivity index (χ4n) is 0. The van der Waals surface area contributed by atoms with E-state index in [0.29, 0.717) is 0 Å². The minimum atomic E-state index is 0. The van der Waals surface area contributed by atoms with Crippen molar-refractivity contribution in [3.8, 4) is 0 Å². The monoisotopic (exact) mass is 796 g/mol. The van der Waals surface area contributed by atoms with Gasteiger partial charge in [-0.25, -0.2) is 0 Å². The smallest absolute Gasteiger partial charge is 0 e. The third-order valence-electron chi connectivity index (χ3n) is 0. The molecule has 0 bridgehead atoms. The van der Waals surface area contributed by atoms with E-state index in [9.17, 15) is 0 Å². The predicted molar refractivity (Wildman–Crippen MR) is 406 cm³/mol. The standard InChI is InChI=1S/7CH4.170H2/h7*1H4;170*1H/i;;;;;;;170*1+2. The molecule has 0 heteroatoms. The lowest BCUT2D eigenvalue weighted by molar-refractivity contribution is 2.50. The molecular weight excluding hydrogens is 84.1 g/mol. The first-order valence-electron chi connectivity index (χ1n) is 0. The van der Waals surface area contributed by atoms with Crippen molar-refractivity contribution in [1.82, 2.24) is 0 Å². The molecule has 0 saturated heterocycles. The molecule has 0 atom stereocenters. The second-order valence-corrected chi connectivity index (χ2v) is 0. The summed E-state index contributed by atoms with van der Waals surface area (Å²) in [6.07, 6.45) is 0. The molecular formula is C7H368. The van der Waals surface area contributed by atoms with Gasteiger partial charge >= 0.3 is 0 Å². The van der Waals surface area contributed by atoms with E-state index in [0.717, 1.165) is 0 Å². The Balaban J connectivity index is 0. The molecule has 396 valence electrons. The van der Waals surface area contributed by atoms with Gasteiger partial charge in [0.05, 0.1) is 0 Å². The van der Waals surface area contributed by atoms with E-state index in [1.807, 2.05) is 0 Å². The molecule has 0 fully saturated rings. The van der Waals surface area contributed by atoms with Crippen LogP contribution in [0.15, 0.2) is 0 Å². The Morgan fingerprint density at radius 1 is 0.286 bits per heavy atom. The maximum Gasteiger partial charge on any atom is 0 e. The molecule has 0 aromatic heterocycles. The second kappa shape index (κ2) is 0. The second-order valence-electron chi connectivity index (χ2n) is 0. The van der Waals surface area contributed by atoms with E-state index in [1.54, 1.807) is 0 Å². The maximum atomic E-state index is 0. The average Bonchev–Trinajstić information content (AvgIpc) is 0. The lowest BCUT2D eigenvalue weighted by Crippen LogP contribution is 0.143. The Morgan fingerprint density at radius 3 is 0.286 bits per heavy atom. The van der Waals surface area contributed by atoms with Gasteiger partial charge in [-0.3, -0.25) is 0 Å². The lowest BCUT2D eigenvalue weighted by Gasteiger charge is -0.0786. The highest BCUT2D eigenvalue weighted by molar-refractivity contribution is 2.51. The molecule has 0 spiro atoms. The summed E-state index contributed by atoms with van der Waals surface area (Å²) in [6.45, 7) is 0. The Hall–Kier alpha value is 0. The summed E-state index contributed by atoms with van der Waals surface area (Å²) >= 11 is 0. The van der Waals surface area contributed by atoms with Crippen LogP contribution in [0.5, 0.6) is 0 Å². The summed E-state index contributed by atoms with van der Waals surface area (Å²) in [5, 5.41) is 0. The van der Waals surface area contributed by atoms with Crippen molar-refractivity contribution >= 4 is 0 Å². The van der Waals surface area contributed by atoms with Crippen LogP contribution >= 0.6 is 0 Å². The molecule has 0 rings (SSSR count). The van der Waals surface area contributed by atoms with Crippen LogP contribution in [0.4, 0.5) is 0 Å². The molecule has 0 aliphatic heterocycles. The van der Waals surface area contributed by atoms with Gasteiger partial charge in [-0.15, -0.1) is 0 Å². The summed E-state index contributed by atoms with van der Waals surface area (Å²) in [7, 11) is 0. The Bertz CT molecular complexity index is 42.5. The minimum Gasteiger partial charge on any atom is -0.0776 e. The van der Waals surface area contributed by atoms with Crippen LogP contribution in [0, 0.1) is 0 Å². The van der Waals surface area contributed by atoms with Gasteiger partial charge in [-0.1, -0.05) is 52.0 Å². The van der Waals surface area contributed by atoms with E-state index in [1.165, 1.54) is 0 Å². The molecule has 0 aromatic rings. The molecule has 0 aromatic carbocycles. The van der Waals surface area contributed by atoms with Crippen LogP contribution in [0.25, 0.3) is 0 Å². The van der Waals surface area contributed by atoms with Crippen molar-refractivity contribution in [2.75, 3.05) is 0 Å². The lowest BCUT2D eigenvalue weighted by atomic mass is 12.0. The summed E-state index contributed by atoms with van der Waals surface area (Å²) in [5.74, 6) is 0. The SMILES string of the molecule is C.C.C.C.C.C.C.[3HH].[3HH].[3HH].[3HH].[3HH].[3HH].[3HH].[3HH].[3HH].[3HH].[3HH].[3HH].[3HH].[3HH].[3HH].[3HH].[3HH].[3HH].[3HH].[3HH].[3HH].[3HH].[3HH].[3HH].[3HH].[3HH].[3HH].[3HH].[3HH].[3HH].[3HH].[3HH].[3HH].[3HH].[3HH].[3HH].[3HH].[3HH].[3HH].[3HH].[3HH].[3HH].[3HH].[3HH].[3HH].[3HH].[3HH].[3HH].[3HH].[3HH].[3HH].[3HH].[3HH].[3HH].[3HH].[3HH].[3HH].[3HH].[3HH].[3HH].[3HH].[3HH].[3HH].[3HH].[3HH].[3HH].[3HH].[3HH].[3HH].[3HH].[3HH].[3HH].[3HH].[3HH].[3HH].[3HH].[3HH].[3HH].[3HH].[3HH].[3HH].[3HH].[3HH].[3HH].[3HH].[3HH].[3HH].[3HH].[3HH].[3HH].[3HH].[3HH].[3HH].[3HH].[3HH].[3HH].[3HH].[3HH].[3HH].[3HH].[3HH].[3HH].[3HH].[3HH].[3HH].[3HH].[3HH].[3HH].[3HH].[3HH].[3HH].[3HH].[3HH].[3HH].[3HH].[3HH].[3HH].[3HH].[3HH].[3HH].[3HH].[3HH].[3HH].[3HH].[3HH].[3HH].[3HH].[3HH].[3HH].[3HH].[3HH].[3HH].[3HH].[3HH].[3HH].[3HH].[3HH].[3HH].[3HH].[3HH].[3HH].[3HH].[3HH].[3HH].[3HH].[3HH].[3HH].[3HH].[3HH].[3HH].[3HH].[3HH].[3HH].[3HH].[3HH].[3HH].[3HH].[3HH].[3HH].[3HH].[3HH].[3HH].[3HH].[3HH].[3HH].[3HH].[3HH].[3HH].[3HH].[3HH]. The minimum absolute atomic E-state index is 0. The topological polar surface area (TPSA) is 0 Å². The average molecular weight is 796 g/mol. The van der Waals surface area contributed by atoms with Gasteiger partial charge in [-0.2, -0.15) is 0 Å². The number of hydrogen-bond donors (Lipinski definition) is 0. The molecule has 0 N–H and O–H groups in total. The fourth-order valence-corrected chi connectivity index (χ4v) is 0. The van der Waals surface area contributed by atoms with Crippen molar-refractivity contribution in [1.29, 1.82) is 0 Å². The normalized spacial score (nSPS) is 0. The Morgan fingerprint density at radius 2 is 0.286 bits per heavy atom. The van der Waals surface area contributed by atoms with Crippen LogP contribution in [0.3, 0.4) is 0 Å². The first kappa shape index (κ1) is 0. The van der Waals surface area contributed by atoms with Gasteiger partial charge in [0.25, 0.3) is 0 Å². The fraction of sp³-hybridized carbons (Fsp3) is 1.00. The van der Waals surface area contributed by atoms with Crippen LogP contribution in [-0.2, 0) is 0 Å². The Labute approximate surface area is 305 Å². The van der Waals surface area contributed by atoms with Gasteiger partial charge in [-0.05, 0) is 0 Å². The third kappa shape index (κ3) is 0. The van der Waals surface area contributed by atoms with E-state index < -0.39 is 0 Å². The van der Waals surface area contributed by atoms with Crippen molar-refractivity contribution in [2.45, 2.75) is 52.0 Å². The van der Waals surface area contributed by atoms with Crippen molar-refractivity contribution in [2.24, 2.45) is 0 Å². The largest absolute Gasteiger partial charge is 0.0776 e. The predicted octanol–water partition coefficient (Wildman–Crippen LogP) is 46.3. The summed E-state index contributed by atoms with van der Waals surface area (Å²) < 4.78 is 0. The molecule has 7 heavy (non-hydrogen) atoms.